The van der Waals surface area contributed by atoms with Crippen LogP contribution in [-0.4, -0.2) is 17.4 Å². The summed E-state index contributed by atoms with van der Waals surface area (Å²) in [5, 5.41) is 3.65. The van der Waals surface area contributed by atoms with Gasteiger partial charge in [0, 0.05) is 24.3 Å². The monoisotopic (exact) mass is 321 g/mol. The van der Waals surface area contributed by atoms with Gasteiger partial charge < -0.3 is 16.0 Å². The Balaban J connectivity index is 1.73. The average molecular weight is 321 g/mol. The fourth-order valence-corrected chi connectivity index (χ4v) is 3.93. The largest absolute Gasteiger partial charge is 0.399 e. The zero-order chi connectivity index (χ0) is 16.7. The van der Waals surface area contributed by atoms with Gasteiger partial charge in [-0.2, -0.15) is 0 Å². The number of rotatable bonds is 2. The van der Waals surface area contributed by atoms with Gasteiger partial charge in [0.25, 0.3) is 0 Å². The van der Waals surface area contributed by atoms with Crippen molar-refractivity contribution in [2.45, 2.75) is 38.3 Å². The van der Waals surface area contributed by atoms with E-state index in [4.69, 9.17) is 5.73 Å². The summed E-state index contributed by atoms with van der Waals surface area (Å²) in [6, 6.07) is 14.9. The van der Waals surface area contributed by atoms with Crippen LogP contribution in [0.4, 0.5) is 11.4 Å². The topological polar surface area (TPSA) is 58.4 Å². The minimum atomic E-state index is 0.152. The first-order valence-electron chi connectivity index (χ1n) is 8.64. The molecule has 0 aromatic heterocycles. The standard InChI is InChI=1S/C20H23N3O/c1-13-4-9-17-16(11-13)19(23-10-2-3-20(23)24)12-18(22-17)14-5-7-15(21)8-6-14/h4-9,11,18-19,22H,2-3,10,12,21H2,1H3/t18-,19-/m0/s1. The van der Waals surface area contributed by atoms with Crippen LogP contribution in [0, 0.1) is 6.92 Å². The second kappa shape index (κ2) is 5.86. The molecule has 0 unspecified atom stereocenters. The van der Waals surface area contributed by atoms with Crippen molar-refractivity contribution >= 4 is 17.3 Å². The fraction of sp³-hybridized carbons (Fsp3) is 0.350. The van der Waals surface area contributed by atoms with E-state index in [0.29, 0.717) is 6.42 Å². The molecule has 124 valence electrons. The minimum absolute atomic E-state index is 0.152. The SMILES string of the molecule is Cc1ccc2c(c1)[C@@H](N1CCCC1=O)C[C@@H](c1ccc(N)cc1)N2. The molecule has 0 aliphatic carbocycles. The van der Waals surface area contributed by atoms with E-state index in [9.17, 15) is 4.79 Å². The maximum atomic E-state index is 12.3. The summed E-state index contributed by atoms with van der Waals surface area (Å²) in [5.74, 6) is 0.283. The van der Waals surface area contributed by atoms with Crippen LogP contribution in [0.25, 0.3) is 0 Å². The molecule has 2 aliphatic heterocycles. The van der Waals surface area contributed by atoms with E-state index >= 15 is 0 Å². The Kier molecular flexibility index (Phi) is 3.68. The van der Waals surface area contributed by atoms with Gasteiger partial charge in [-0.25, -0.2) is 0 Å². The van der Waals surface area contributed by atoms with Crippen molar-refractivity contribution in [3.05, 3.63) is 59.2 Å². The Labute approximate surface area is 142 Å². The number of hydrogen-bond acceptors (Lipinski definition) is 3. The van der Waals surface area contributed by atoms with Gasteiger partial charge in [0.15, 0.2) is 0 Å². The molecule has 0 radical (unpaired) electrons. The van der Waals surface area contributed by atoms with Crippen molar-refractivity contribution in [2.75, 3.05) is 17.6 Å². The van der Waals surface area contributed by atoms with E-state index in [-0.39, 0.29) is 18.0 Å². The molecule has 1 saturated heterocycles. The predicted molar refractivity (Wildman–Crippen MR) is 96.7 cm³/mol. The molecule has 2 aromatic carbocycles. The molecule has 0 saturated carbocycles. The summed E-state index contributed by atoms with van der Waals surface area (Å²) >= 11 is 0. The van der Waals surface area contributed by atoms with Gasteiger partial charge in [0.1, 0.15) is 0 Å². The molecule has 3 N–H and O–H groups in total. The molecule has 4 rings (SSSR count). The normalized spacial score (nSPS) is 23.0. The number of anilines is 2. The van der Waals surface area contributed by atoms with E-state index in [1.807, 2.05) is 12.1 Å². The molecule has 0 spiro atoms. The smallest absolute Gasteiger partial charge is 0.223 e. The molecule has 2 aliphatic rings. The third-order valence-electron chi connectivity index (χ3n) is 5.18. The van der Waals surface area contributed by atoms with Crippen LogP contribution >= 0.6 is 0 Å². The van der Waals surface area contributed by atoms with E-state index in [0.717, 1.165) is 30.8 Å². The number of carbonyl (C=O) groups is 1. The maximum absolute atomic E-state index is 12.3. The molecule has 2 atom stereocenters. The van der Waals surface area contributed by atoms with E-state index in [1.165, 1.54) is 16.7 Å². The van der Waals surface area contributed by atoms with E-state index in [1.54, 1.807) is 0 Å². The summed E-state index contributed by atoms with van der Waals surface area (Å²) in [5.41, 5.74) is 11.4. The number of aryl methyl sites for hydroxylation is 1. The molecule has 2 aromatic rings. The Hall–Kier alpha value is -2.49. The predicted octanol–water partition coefficient (Wildman–Crippen LogP) is 3.80. The van der Waals surface area contributed by atoms with Crippen LogP contribution in [0.5, 0.6) is 0 Å². The Morgan fingerprint density at radius 2 is 1.96 bits per heavy atom. The second-order valence-corrected chi connectivity index (χ2v) is 6.90. The lowest BCUT2D eigenvalue weighted by Gasteiger charge is -2.38. The summed E-state index contributed by atoms with van der Waals surface area (Å²) in [6.07, 6.45) is 2.54. The Morgan fingerprint density at radius 3 is 2.67 bits per heavy atom. The van der Waals surface area contributed by atoms with Crippen LogP contribution in [-0.2, 0) is 4.79 Å². The zero-order valence-electron chi connectivity index (χ0n) is 14.0. The average Bonchev–Trinajstić information content (AvgIpc) is 3.00. The van der Waals surface area contributed by atoms with Crippen molar-refractivity contribution in [1.82, 2.24) is 4.90 Å². The van der Waals surface area contributed by atoms with E-state index in [2.05, 4.69) is 47.5 Å². The highest BCUT2D eigenvalue weighted by Gasteiger charge is 2.35. The summed E-state index contributed by atoms with van der Waals surface area (Å²) < 4.78 is 0. The molecule has 24 heavy (non-hydrogen) atoms. The van der Waals surface area contributed by atoms with Gasteiger partial charge in [-0.3, -0.25) is 4.79 Å². The molecular formula is C20H23N3O. The number of fused-ring (bicyclic) bond motifs is 1. The lowest BCUT2D eigenvalue weighted by molar-refractivity contribution is -0.130. The molecule has 0 bridgehead atoms. The molecule has 2 heterocycles. The number of benzene rings is 2. The number of nitrogens with two attached hydrogens (primary N) is 1. The quantitative estimate of drug-likeness (QED) is 0.827. The zero-order valence-corrected chi connectivity index (χ0v) is 14.0. The Bertz CT molecular complexity index is 769. The second-order valence-electron chi connectivity index (χ2n) is 6.90. The van der Waals surface area contributed by atoms with Gasteiger partial charge in [-0.15, -0.1) is 0 Å². The summed E-state index contributed by atoms with van der Waals surface area (Å²) in [7, 11) is 0. The van der Waals surface area contributed by atoms with Crippen molar-refractivity contribution in [3.63, 3.8) is 0 Å². The van der Waals surface area contributed by atoms with Crippen LogP contribution in [0.15, 0.2) is 42.5 Å². The number of likely N-dealkylation sites (tertiary alicyclic amines) is 1. The van der Waals surface area contributed by atoms with Gasteiger partial charge in [-0.05, 0) is 49.1 Å². The third-order valence-corrected chi connectivity index (χ3v) is 5.18. The number of amides is 1. The van der Waals surface area contributed by atoms with Gasteiger partial charge in [-0.1, -0.05) is 29.8 Å². The molecule has 4 nitrogen and oxygen atoms in total. The highest BCUT2D eigenvalue weighted by molar-refractivity contribution is 5.79. The number of nitrogen functional groups attached to an aromatic ring is 1. The summed E-state index contributed by atoms with van der Waals surface area (Å²) in [4.78, 5) is 14.4. The molecule has 1 fully saturated rings. The van der Waals surface area contributed by atoms with Crippen molar-refractivity contribution in [1.29, 1.82) is 0 Å². The first-order chi connectivity index (χ1) is 11.6. The van der Waals surface area contributed by atoms with Crippen molar-refractivity contribution < 1.29 is 4.79 Å². The fourth-order valence-electron chi connectivity index (χ4n) is 3.93. The van der Waals surface area contributed by atoms with Crippen LogP contribution in [0.1, 0.15) is 48.0 Å². The lowest BCUT2D eigenvalue weighted by Crippen LogP contribution is -2.35. The number of carbonyl (C=O) groups excluding carboxylic acids is 1. The number of nitrogens with one attached hydrogen (secondary N) is 1. The molecule has 1 amide bonds. The van der Waals surface area contributed by atoms with Crippen molar-refractivity contribution in [2.24, 2.45) is 0 Å². The Morgan fingerprint density at radius 1 is 1.17 bits per heavy atom. The van der Waals surface area contributed by atoms with Gasteiger partial charge in [0.2, 0.25) is 5.91 Å². The number of hydrogen-bond donors (Lipinski definition) is 2. The first-order valence-corrected chi connectivity index (χ1v) is 8.64. The number of nitrogens with zero attached hydrogens (tertiary/aromatic N) is 1. The molecular weight excluding hydrogens is 298 g/mol. The third kappa shape index (κ3) is 2.62. The van der Waals surface area contributed by atoms with E-state index < -0.39 is 0 Å². The maximum Gasteiger partial charge on any atom is 0.223 e. The van der Waals surface area contributed by atoms with Crippen molar-refractivity contribution in [3.8, 4) is 0 Å². The summed E-state index contributed by atoms with van der Waals surface area (Å²) in [6.45, 7) is 2.97. The highest BCUT2D eigenvalue weighted by atomic mass is 16.2. The first kappa shape index (κ1) is 15.1. The van der Waals surface area contributed by atoms with Crippen LogP contribution in [0.3, 0.4) is 0 Å². The highest BCUT2D eigenvalue weighted by Crippen LogP contribution is 2.43. The van der Waals surface area contributed by atoms with Crippen LogP contribution in [0.2, 0.25) is 0 Å². The molecule has 4 heteroatoms. The van der Waals surface area contributed by atoms with Gasteiger partial charge in [0.05, 0.1) is 12.1 Å². The minimum Gasteiger partial charge on any atom is -0.399 e. The van der Waals surface area contributed by atoms with Crippen LogP contribution < -0.4 is 11.1 Å². The van der Waals surface area contributed by atoms with Gasteiger partial charge >= 0.3 is 0 Å². The lowest BCUT2D eigenvalue weighted by atomic mass is 9.87.